The van der Waals surface area contributed by atoms with Crippen molar-refractivity contribution >= 4 is 23.0 Å². The van der Waals surface area contributed by atoms with E-state index < -0.39 is 0 Å². The maximum Gasteiger partial charge on any atom is 0.185 e. The molecule has 2 rings (SSSR count). The van der Waals surface area contributed by atoms with Crippen LogP contribution < -0.4 is 16.2 Å². The van der Waals surface area contributed by atoms with Crippen molar-refractivity contribution in [3.63, 3.8) is 0 Å². The van der Waals surface area contributed by atoms with Crippen LogP contribution in [0.3, 0.4) is 0 Å². The zero-order valence-corrected chi connectivity index (χ0v) is 13.4. The minimum absolute atomic E-state index is 0.504. The molecule has 0 bridgehead atoms. The van der Waals surface area contributed by atoms with Crippen molar-refractivity contribution in [3.05, 3.63) is 29.3 Å². The lowest BCUT2D eigenvalue weighted by Crippen LogP contribution is -2.47. The molecule has 1 aliphatic carbocycles. The van der Waals surface area contributed by atoms with Crippen LogP contribution in [0.25, 0.3) is 0 Å². The highest BCUT2D eigenvalue weighted by Gasteiger charge is 2.21. The fraction of sp³-hybridized carbons (Fsp3) is 0.562. The highest BCUT2D eigenvalue weighted by atomic mass is 32.1. The Labute approximate surface area is 127 Å². The Bertz CT molecular complexity index is 473. The first-order valence-corrected chi connectivity index (χ1v) is 7.87. The van der Waals surface area contributed by atoms with Crippen molar-refractivity contribution in [3.8, 4) is 0 Å². The van der Waals surface area contributed by atoms with E-state index in [1.165, 1.54) is 36.8 Å². The highest BCUT2D eigenvalue weighted by Crippen LogP contribution is 2.23. The van der Waals surface area contributed by atoms with Gasteiger partial charge in [-0.05, 0) is 56.5 Å². The summed E-state index contributed by atoms with van der Waals surface area (Å²) in [5.41, 5.74) is 9.84. The van der Waals surface area contributed by atoms with E-state index in [2.05, 4.69) is 55.1 Å². The molecule has 2 atom stereocenters. The minimum Gasteiger partial charge on any atom is -0.358 e. The van der Waals surface area contributed by atoms with Crippen LogP contribution in [0.2, 0.25) is 0 Å². The molecule has 0 radical (unpaired) electrons. The topological polar surface area (TPSA) is 36.1 Å². The van der Waals surface area contributed by atoms with Crippen molar-refractivity contribution in [1.29, 1.82) is 0 Å². The average molecular weight is 291 g/mol. The number of hydrogen-bond acceptors (Lipinski definition) is 2. The zero-order valence-electron chi connectivity index (χ0n) is 12.6. The van der Waals surface area contributed by atoms with Gasteiger partial charge in [0.25, 0.3) is 0 Å². The van der Waals surface area contributed by atoms with Gasteiger partial charge in [-0.3, -0.25) is 10.9 Å². The van der Waals surface area contributed by atoms with E-state index in [9.17, 15) is 0 Å². The van der Waals surface area contributed by atoms with Gasteiger partial charge in [-0.15, -0.1) is 0 Å². The Morgan fingerprint density at radius 1 is 1.20 bits per heavy atom. The lowest BCUT2D eigenvalue weighted by Gasteiger charge is -2.30. The first-order chi connectivity index (χ1) is 9.56. The van der Waals surface area contributed by atoms with Crippen LogP contribution >= 0.6 is 12.2 Å². The van der Waals surface area contributed by atoms with Gasteiger partial charge >= 0.3 is 0 Å². The van der Waals surface area contributed by atoms with Crippen LogP contribution in [-0.4, -0.2) is 11.2 Å². The Kier molecular flexibility index (Phi) is 5.24. The van der Waals surface area contributed by atoms with E-state index in [4.69, 9.17) is 12.2 Å². The second-order valence-corrected chi connectivity index (χ2v) is 6.32. The Hall–Kier alpha value is -1.29. The molecule has 1 saturated carbocycles. The molecular weight excluding hydrogens is 266 g/mol. The molecule has 110 valence electrons. The number of rotatable bonds is 3. The fourth-order valence-electron chi connectivity index (χ4n) is 2.81. The number of hydrogen-bond donors (Lipinski definition) is 3. The Morgan fingerprint density at radius 2 is 1.95 bits per heavy atom. The molecule has 1 aliphatic rings. The van der Waals surface area contributed by atoms with E-state index in [0.29, 0.717) is 17.1 Å². The minimum atomic E-state index is 0.504. The smallest absolute Gasteiger partial charge is 0.185 e. The lowest BCUT2D eigenvalue weighted by atomic mass is 9.86. The van der Waals surface area contributed by atoms with Gasteiger partial charge in [0.05, 0.1) is 5.69 Å². The number of anilines is 1. The van der Waals surface area contributed by atoms with E-state index in [1.54, 1.807) is 0 Å². The predicted molar refractivity (Wildman–Crippen MR) is 89.8 cm³/mol. The fourth-order valence-corrected chi connectivity index (χ4v) is 3.02. The van der Waals surface area contributed by atoms with Crippen LogP contribution in [0.5, 0.6) is 0 Å². The van der Waals surface area contributed by atoms with Gasteiger partial charge in [-0.1, -0.05) is 37.5 Å². The largest absolute Gasteiger partial charge is 0.358 e. The molecule has 3 nitrogen and oxygen atoms in total. The maximum absolute atomic E-state index is 5.37. The summed E-state index contributed by atoms with van der Waals surface area (Å²) < 4.78 is 0. The van der Waals surface area contributed by atoms with Crippen LogP contribution in [0.15, 0.2) is 18.2 Å². The van der Waals surface area contributed by atoms with Gasteiger partial charge in [-0.2, -0.15) is 0 Å². The van der Waals surface area contributed by atoms with Crippen LogP contribution in [-0.2, 0) is 0 Å². The molecule has 1 aromatic carbocycles. The van der Waals surface area contributed by atoms with Gasteiger partial charge in [0.2, 0.25) is 0 Å². The van der Waals surface area contributed by atoms with Crippen molar-refractivity contribution in [1.82, 2.24) is 10.7 Å². The molecule has 0 aliphatic heterocycles. The summed E-state index contributed by atoms with van der Waals surface area (Å²) >= 11 is 5.37. The first-order valence-electron chi connectivity index (χ1n) is 7.46. The number of hydrazine groups is 1. The van der Waals surface area contributed by atoms with Crippen LogP contribution in [0.4, 0.5) is 5.69 Å². The van der Waals surface area contributed by atoms with E-state index in [1.807, 2.05) is 0 Å². The van der Waals surface area contributed by atoms with Crippen molar-refractivity contribution < 1.29 is 0 Å². The molecule has 0 spiro atoms. The standard InChI is InChI=1S/C16H25N3S/c1-11-8-9-15(13(3)10-11)18-19-16(20)17-14-7-5-4-6-12(14)2/h8-10,12,14,18H,4-7H2,1-3H3,(H2,17,19,20)/t12-,14+/m0/s1. The van der Waals surface area contributed by atoms with E-state index in [-0.39, 0.29) is 0 Å². The second kappa shape index (κ2) is 6.93. The molecule has 1 fully saturated rings. The molecule has 0 aromatic heterocycles. The average Bonchev–Trinajstić information content (AvgIpc) is 2.40. The summed E-state index contributed by atoms with van der Waals surface area (Å²) in [7, 11) is 0. The number of benzene rings is 1. The maximum atomic E-state index is 5.37. The summed E-state index contributed by atoms with van der Waals surface area (Å²) in [6, 6.07) is 6.83. The number of nitrogens with one attached hydrogen (secondary N) is 3. The quantitative estimate of drug-likeness (QED) is 0.586. The summed E-state index contributed by atoms with van der Waals surface area (Å²) in [5, 5.41) is 4.11. The summed E-state index contributed by atoms with van der Waals surface area (Å²) in [6.07, 6.45) is 5.16. The third-order valence-electron chi connectivity index (χ3n) is 4.12. The summed E-state index contributed by atoms with van der Waals surface area (Å²) in [6.45, 7) is 6.49. The third-order valence-corrected chi connectivity index (χ3v) is 4.34. The molecule has 0 heterocycles. The van der Waals surface area contributed by atoms with Gasteiger partial charge in [0.15, 0.2) is 5.11 Å². The Balaban J connectivity index is 1.82. The third kappa shape index (κ3) is 4.10. The number of thiocarbonyl (C=S) groups is 1. The molecular formula is C16H25N3S. The molecule has 0 saturated heterocycles. The molecule has 0 amide bonds. The molecule has 0 unspecified atom stereocenters. The summed E-state index contributed by atoms with van der Waals surface area (Å²) in [4.78, 5) is 0. The van der Waals surface area contributed by atoms with Crippen LogP contribution in [0.1, 0.15) is 43.7 Å². The predicted octanol–water partition coefficient (Wildman–Crippen LogP) is 3.67. The van der Waals surface area contributed by atoms with Gasteiger partial charge in [0, 0.05) is 6.04 Å². The van der Waals surface area contributed by atoms with Crippen molar-refractivity contribution in [2.75, 3.05) is 5.43 Å². The Morgan fingerprint density at radius 3 is 2.65 bits per heavy atom. The van der Waals surface area contributed by atoms with Gasteiger partial charge in [-0.25, -0.2) is 0 Å². The molecule has 4 heteroatoms. The van der Waals surface area contributed by atoms with Gasteiger partial charge < -0.3 is 5.32 Å². The molecule has 1 aromatic rings. The normalized spacial score (nSPS) is 22.1. The first kappa shape index (κ1) is 15.1. The zero-order chi connectivity index (χ0) is 14.5. The molecule has 20 heavy (non-hydrogen) atoms. The molecule has 3 N–H and O–H groups in total. The van der Waals surface area contributed by atoms with E-state index in [0.717, 1.165) is 5.69 Å². The lowest BCUT2D eigenvalue weighted by molar-refractivity contribution is 0.308. The van der Waals surface area contributed by atoms with E-state index >= 15 is 0 Å². The van der Waals surface area contributed by atoms with Crippen molar-refractivity contribution in [2.45, 2.75) is 52.5 Å². The van der Waals surface area contributed by atoms with Gasteiger partial charge in [0.1, 0.15) is 0 Å². The SMILES string of the molecule is Cc1ccc(NNC(=S)N[C@@H]2CCCC[C@@H]2C)c(C)c1. The summed E-state index contributed by atoms with van der Waals surface area (Å²) in [5.74, 6) is 0.699. The second-order valence-electron chi connectivity index (χ2n) is 5.91. The number of aryl methyl sites for hydroxylation is 2. The van der Waals surface area contributed by atoms with Crippen LogP contribution in [0, 0.1) is 19.8 Å². The highest BCUT2D eigenvalue weighted by molar-refractivity contribution is 7.80. The van der Waals surface area contributed by atoms with Crippen molar-refractivity contribution in [2.24, 2.45) is 5.92 Å². The monoisotopic (exact) mass is 291 g/mol.